The zero-order valence-electron chi connectivity index (χ0n) is 22.8. The molecule has 11 heteroatoms. The molecule has 2 aromatic carbocycles. The van der Waals surface area contributed by atoms with Gasteiger partial charge in [0.15, 0.2) is 16.6 Å². The fourth-order valence-corrected chi connectivity index (χ4v) is 6.78. The van der Waals surface area contributed by atoms with E-state index in [0.29, 0.717) is 40.5 Å². The van der Waals surface area contributed by atoms with Gasteiger partial charge in [0.2, 0.25) is 11.7 Å². The molecule has 0 atom stereocenters. The quantitative estimate of drug-likeness (QED) is 0.180. The SMILES string of the molecule is COc1cc(Nc2nc(N)c(-c3nc(-c4cccc(NC(=O)CC5CCCCC5)c4)cs3)s2)cc(OC)c1OC. The van der Waals surface area contributed by atoms with Crippen molar-refractivity contribution in [1.82, 2.24) is 9.97 Å². The van der Waals surface area contributed by atoms with E-state index in [2.05, 4.69) is 15.6 Å². The van der Waals surface area contributed by atoms with Crippen molar-refractivity contribution in [3.63, 3.8) is 0 Å². The fraction of sp³-hybridized carbons (Fsp3) is 0.345. The molecule has 0 spiro atoms. The third-order valence-corrected chi connectivity index (χ3v) is 8.89. The molecule has 0 saturated heterocycles. The average molecular weight is 580 g/mol. The molecular weight excluding hydrogens is 546 g/mol. The Morgan fingerprint density at radius 2 is 1.75 bits per heavy atom. The second-order valence-electron chi connectivity index (χ2n) is 9.65. The van der Waals surface area contributed by atoms with Gasteiger partial charge in [-0.05, 0) is 30.9 Å². The number of nitrogen functional groups attached to an aromatic ring is 1. The maximum absolute atomic E-state index is 12.6. The molecule has 2 heterocycles. The van der Waals surface area contributed by atoms with Gasteiger partial charge >= 0.3 is 0 Å². The van der Waals surface area contributed by atoms with E-state index in [4.69, 9.17) is 24.9 Å². The van der Waals surface area contributed by atoms with E-state index >= 15 is 0 Å². The highest BCUT2D eigenvalue weighted by atomic mass is 32.1. The summed E-state index contributed by atoms with van der Waals surface area (Å²) < 4.78 is 16.3. The van der Waals surface area contributed by atoms with Crippen LogP contribution in [0.5, 0.6) is 17.2 Å². The Morgan fingerprint density at radius 1 is 1.00 bits per heavy atom. The number of carbonyl (C=O) groups excluding carboxylic acids is 1. The average Bonchev–Trinajstić information content (AvgIpc) is 3.59. The van der Waals surface area contributed by atoms with Crippen molar-refractivity contribution in [2.45, 2.75) is 38.5 Å². The van der Waals surface area contributed by atoms with Gasteiger partial charge in [0.1, 0.15) is 15.7 Å². The van der Waals surface area contributed by atoms with Crippen LogP contribution in [-0.4, -0.2) is 37.2 Å². The summed E-state index contributed by atoms with van der Waals surface area (Å²) >= 11 is 2.91. The van der Waals surface area contributed by atoms with E-state index in [-0.39, 0.29) is 5.91 Å². The van der Waals surface area contributed by atoms with Gasteiger partial charge < -0.3 is 30.6 Å². The van der Waals surface area contributed by atoms with Crippen molar-refractivity contribution in [2.75, 3.05) is 37.7 Å². The molecule has 0 unspecified atom stereocenters. The Kier molecular flexibility index (Phi) is 8.71. The number of anilines is 4. The number of hydrogen-bond donors (Lipinski definition) is 3. The molecule has 0 aliphatic heterocycles. The Bertz CT molecular complexity index is 1450. The van der Waals surface area contributed by atoms with Crippen LogP contribution in [0.1, 0.15) is 38.5 Å². The number of nitrogens with two attached hydrogens (primary N) is 1. The van der Waals surface area contributed by atoms with E-state index in [0.717, 1.165) is 45.4 Å². The van der Waals surface area contributed by atoms with Crippen LogP contribution in [0.15, 0.2) is 41.8 Å². The van der Waals surface area contributed by atoms with Crippen LogP contribution in [-0.2, 0) is 4.79 Å². The van der Waals surface area contributed by atoms with E-state index in [9.17, 15) is 4.79 Å². The van der Waals surface area contributed by atoms with Crippen molar-refractivity contribution < 1.29 is 19.0 Å². The first kappa shape index (κ1) is 27.7. The zero-order chi connectivity index (χ0) is 28.1. The molecule has 4 aromatic rings. The lowest BCUT2D eigenvalue weighted by molar-refractivity contribution is -0.117. The van der Waals surface area contributed by atoms with Gasteiger partial charge in [-0.2, -0.15) is 0 Å². The number of aromatic nitrogens is 2. The minimum atomic E-state index is 0.0765. The normalized spacial score (nSPS) is 13.6. The number of thiazole rings is 2. The van der Waals surface area contributed by atoms with Crippen LogP contribution in [0.25, 0.3) is 21.1 Å². The summed E-state index contributed by atoms with van der Waals surface area (Å²) in [6.07, 6.45) is 6.62. The minimum absolute atomic E-state index is 0.0765. The lowest BCUT2D eigenvalue weighted by atomic mass is 9.87. The van der Waals surface area contributed by atoms with Crippen molar-refractivity contribution in [2.24, 2.45) is 5.92 Å². The third-order valence-electron chi connectivity index (χ3n) is 6.91. The number of hydrogen-bond acceptors (Lipinski definition) is 10. The highest BCUT2D eigenvalue weighted by Gasteiger charge is 2.19. The molecule has 1 aliphatic carbocycles. The number of nitrogens with zero attached hydrogens (tertiary/aromatic N) is 2. The molecule has 1 fully saturated rings. The first-order valence-corrected chi connectivity index (χ1v) is 14.9. The zero-order valence-corrected chi connectivity index (χ0v) is 24.4. The molecule has 40 heavy (non-hydrogen) atoms. The number of carbonyl (C=O) groups is 1. The Morgan fingerprint density at radius 3 is 2.45 bits per heavy atom. The maximum Gasteiger partial charge on any atom is 0.224 e. The molecule has 9 nitrogen and oxygen atoms in total. The summed E-state index contributed by atoms with van der Waals surface area (Å²) in [6, 6.07) is 11.4. The van der Waals surface area contributed by atoms with Gasteiger partial charge in [-0.1, -0.05) is 42.7 Å². The van der Waals surface area contributed by atoms with Crippen LogP contribution >= 0.6 is 22.7 Å². The number of ether oxygens (including phenoxy) is 3. The van der Waals surface area contributed by atoms with E-state index in [1.54, 1.807) is 33.5 Å². The molecular formula is C29H33N5O4S2. The maximum atomic E-state index is 12.6. The van der Waals surface area contributed by atoms with E-state index in [1.807, 2.05) is 29.6 Å². The van der Waals surface area contributed by atoms with Crippen LogP contribution in [0.4, 0.5) is 22.3 Å². The molecule has 1 aliphatic rings. The largest absolute Gasteiger partial charge is 0.493 e. The molecule has 0 bridgehead atoms. The summed E-state index contributed by atoms with van der Waals surface area (Å²) in [7, 11) is 4.71. The summed E-state index contributed by atoms with van der Waals surface area (Å²) in [5.74, 6) is 2.54. The van der Waals surface area contributed by atoms with Gasteiger partial charge in [-0.15, -0.1) is 11.3 Å². The topological polar surface area (TPSA) is 121 Å². The molecule has 5 rings (SSSR count). The smallest absolute Gasteiger partial charge is 0.224 e. The second-order valence-corrected chi connectivity index (χ2v) is 11.5. The summed E-state index contributed by atoms with van der Waals surface area (Å²) in [5.41, 5.74) is 9.54. The van der Waals surface area contributed by atoms with Gasteiger partial charge in [-0.3, -0.25) is 4.79 Å². The molecule has 210 valence electrons. The van der Waals surface area contributed by atoms with Crippen LogP contribution < -0.4 is 30.6 Å². The molecule has 0 radical (unpaired) electrons. The Labute approximate surface area is 241 Å². The van der Waals surface area contributed by atoms with Gasteiger partial charge in [0, 0.05) is 40.9 Å². The number of nitrogens with one attached hydrogen (secondary N) is 2. The highest BCUT2D eigenvalue weighted by molar-refractivity contribution is 7.23. The number of benzene rings is 2. The molecule has 2 aromatic heterocycles. The predicted octanol–water partition coefficient (Wildman–Crippen LogP) is 7.19. The van der Waals surface area contributed by atoms with Crippen LogP contribution in [0.2, 0.25) is 0 Å². The van der Waals surface area contributed by atoms with Crippen LogP contribution in [0, 0.1) is 5.92 Å². The number of amides is 1. The first-order valence-electron chi connectivity index (χ1n) is 13.2. The summed E-state index contributed by atoms with van der Waals surface area (Å²) in [5, 5.41) is 9.72. The van der Waals surface area contributed by atoms with Gasteiger partial charge in [0.25, 0.3) is 0 Å². The first-order chi connectivity index (χ1) is 19.5. The van der Waals surface area contributed by atoms with E-state index < -0.39 is 0 Å². The summed E-state index contributed by atoms with van der Waals surface area (Å²) in [4.78, 5) is 22.7. The second kappa shape index (κ2) is 12.6. The van der Waals surface area contributed by atoms with Crippen LogP contribution in [0.3, 0.4) is 0 Å². The lowest BCUT2D eigenvalue weighted by Gasteiger charge is -2.20. The molecule has 1 saturated carbocycles. The van der Waals surface area contributed by atoms with Crippen molar-refractivity contribution in [3.8, 4) is 38.4 Å². The van der Waals surface area contributed by atoms with Crippen molar-refractivity contribution >= 4 is 50.9 Å². The lowest BCUT2D eigenvalue weighted by Crippen LogP contribution is -2.18. The monoisotopic (exact) mass is 579 g/mol. The fourth-order valence-electron chi connectivity index (χ4n) is 4.95. The highest BCUT2D eigenvalue weighted by Crippen LogP contribution is 2.43. The van der Waals surface area contributed by atoms with Gasteiger partial charge in [0.05, 0.1) is 27.0 Å². The summed E-state index contributed by atoms with van der Waals surface area (Å²) in [6.45, 7) is 0. The number of rotatable bonds is 10. The Hall–Kier alpha value is -3.83. The third kappa shape index (κ3) is 6.31. The standard InChI is InChI=1S/C29H33N5O4S2/c1-36-22-14-20(15-23(37-2)25(22)38-3)32-29-34-27(30)26(40-29)28-33-21(16-39-28)18-10-7-11-19(13-18)31-24(35)12-17-8-5-4-6-9-17/h7,10-11,13-17H,4-6,8-9,12,30H2,1-3H3,(H,31,35)(H,32,34). The number of methoxy groups -OCH3 is 3. The molecule has 1 amide bonds. The molecule has 4 N–H and O–H groups in total. The Balaban J connectivity index is 1.30. The predicted molar refractivity (Wildman–Crippen MR) is 162 cm³/mol. The van der Waals surface area contributed by atoms with Gasteiger partial charge in [-0.25, -0.2) is 9.97 Å². The van der Waals surface area contributed by atoms with E-state index in [1.165, 1.54) is 41.9 Å². The van der Waals surface area contributed by atoms with Crippen molar-refractivity contribution in [1.29, 1.82) is 0 Å². The van der Waals surface area contributed by atoms with Crippen molar-refractivity contribution in [3.05, 3.63) is 41.8 Å². The minimum Gasteiger partial charge on any atom is -0.493 e.